The highest BCUT2D eigenvalue weighted by Crippen LogP contribution is 2.14. The van der Waals surface area contributed by atoms with Crippen molar-refractivity contribution < 1.29 is 23.7 Å². The molecule has 0 unspecified atom stereocenters. The van der Waals surface area contributed by atoms with Crippen LogP contribution >= 0.6 is 0 Å². The number of ether oxygens (including phenoxy) is 4. The van der Waals surface area contributed by atoms with E-state index in [2.05, 4.69) is 13.8 Å². The Labute approximate surface area is 256 Å². The van der Waals surface area contributed by atoms with Crippen LogP contribution in [0.3, 0.4) is 0 Å². The first-order valence-corrected chi connectivity index (χ1v) is 18.2. The molecule has 5 nitrogen and oxygen atoms in total. The van der Waals surface area contributed by atoms with Crippen molar-refractivity contribution in [1.82, 2.24) is 0 Å². The molecule has 0 aromatic heterocycles. The van der Waals surface area contributed by atoms with Gasteiger partial charge in [-0.15, -0.1) is 0 Å². The molecule has 0 spiro atoms. The zero-order valence-corrected chi connectivity index (χ0v) is 27.9. The lowest BCUT2D eigenvalue weighted by Crippen LogP contribution is -2.14. The summed E-state index contributed by atoms with van der Waals surface area (Å²) >= 11 is 0. The van der Waals surface area contributed by atoms with Gasteiger partial charge in [0.15, 0.2) is 0 Å². The van der Waals surface area contributed by atoms with Crippen LogP contribution in [0.2, 0.25) is 0 Å². The van der Waals surface area contributed by atoms with Crippen molar-refractivity contribution in [2.75, 3.05) is 46.2 Å². The molecule has 5 heteroatoms. The highest BCUT2D eigenvalue weighted by atomic mass is 16.6. The lowest BCUT2D eigenvalue weighted by atomic mass is 10.0. The Morgan fingerprint density at radius 1 is 0.341 bits per heavy atom. The van der Waals surface area contributed by atoms with Crippen LogP contribution in [-0.4, -0.2) is 52.2 Å². The zero-order chi connectivity index (χ0) is 29.7. The van der Waals surface area contributed by atoms with Crippen LogP contribution in [0.25, 0.3) is 0 Å². The summed E-state index contributed by atoms with van der Waals surface area (Å²) in [6, 6.07) is 0. The van der Waals surface area contributed by atoms with Gasteiger partial charge in [0.2, 0.25) is 0 Å². The largest absolute Gasteiger partial charge is 0.463 e. The topological polar surface area (TPSA) is 54.0 Å². The monoisotopic (exact) mass is 585 g/mol. The first-order valence-electron chi connectivity index (χ1n) is 18.2. The van der Waals surface area contributed by atoms with E-state index in [1.807, 2.05) is 0 Å². The molecule has 0 aliphatic heterocycles. The molecule has 0 saturated carbocycles. The second kappa shape index (κ2) is 37.4. The van der Waals surface area contributed by atoms with E-state index in [9.17, 15) is 4.79 Å². The van der Waals surface area contributed by atoms with Gasteiger partial charge in [0.25, 0.3) is 0 Å². The summed E-state index contributed by atoms with van der Waals surface area (Å²) in [5, 5.41) is 0. The molecule has 0 aromatic rings. The highest BCUT2D eigenvalue weighted by molar-refractivity contribution is 5.69. The van der Waals surface area contributed by atoms with E-state index in [0.29, 0.717) is 46.1 Å². The van der Waals surface area contributed by atoms with Crippen molar-refractivity contribution in [3.63, 3.8) is 0 Å². The van der Waals surface area contributed by atoms with Gasteiger partial charge in [0.1, 0.15) is 6.61 Å². The van der Waals surface area contributed by atoms with Gasteiger partial charge in [-0.25, -0.2) is 0 Å². The van der Waals surface area contributed by atoms with Crippen molar-refractivity contribution in [3.05, 3.63) is 0 Å². The number of carbonyl (C=O) groups is 1. The SMILES string of the molecule is CCCCCCCCCCCCCCCCCC(=O)OCCOCCOCCOCCCCCCCCCCCC. The number of hydrogen-bond acceptors (Lipinski definition) is 5. The fourth-order valence-electron chi connectivity index (χ4n) is 5.16. The third-order valence-corrected chi connectivity index (χ3v) is 7.86. The number of esters is 1. The van der Waals surface area contributed by atoms with E-state index in [4.69, 9.17) is 18.9 Å². The second-order valence-electron chi connectivity index (χ2n) is 11.9. The summed E-state index contributed by atoms with van der Waals surface area (Å²) in [6.07, 6.45) is 34.0. The van der Waals surface area contributed by atoms with Crippen LogP contribution in [-0.2, 0) is 23.7 Å². The van der Waals surface area contributed by atoms with Gasteiger partial charge >= 0.3 is 5.97 Å². The Morgan fingerprint density at radius 2 is 0.634 bits per heavy atom. The Kier molecular flexibility index (Phi) is 36.8. The Balaban J connectivity index is 3.14. The molecular formula is C36H72O5. The molecule has 0 bridgehead atoms. The maximum atomic E-state index is 11.9. The fraction of sp³-hybridized carbons (Fsp3) is 0.972. The van der Waals surface area contributed by atoms with E-state index in [-0.39, 0.29) is 5.97 Å². The molecule has 41 heavy (non-hydrogen) atoms. The average Bonchev–Trinajstić information content (AvgIpc) is 2.98. The lowest BCUT2D eigenvalue weighted by Gasteiger charge is -2.08. The molecular weight excluding hydrogens is 512 g/mol. The summed E-state index contributed by atoms with van der Waals surface area (Å²) in [4.78, 5) is 11.9. The van der Waals surface area contributed by atoms with Gasteiger partial charge in [-0.05, 0) is 12.8 Å². The van der Waals surface area contributed by atoms with Crippen molar-refractivity contribution in [2.24, 2.45) is 0 Å². The quantitative estimate of drug-likeness (QED) is 0.0541. The first kappa shape index (κ1) is 40.4. The number of hydrogen-bond donors (Lipinski definition) is 0. The minimum Gasteiger partial charge on any atom is -0.463 e. The number of unbranched alkanes of at least 4 members (excludes halogenated alkanes) is 23. The second-order valence-corrected chi connectivity index (χ2v) is 11.9. The van der Waals surface area contributed by atoms with Gasteiger partial charge in [-0.1, -0.05) is 162 Å². The van der Waals surface area contributed by atoms with Gasteiger partial charge in [0, 0.05) is 13.0 Å². The van der Waals surface area contributed by atoms with Gasteiger partial charge in [0.05, 0.1) is 33.0 Å². The van der Waals surface area contributed by atoms with Crippen LogP contribution in [0.15, 0.2) is 0 Å². The summed E-state index contributed by atoms with van der Waals surface area (Å²) in [6.45, 7) is 8.48. The summed E-state index contributed by atoms with van der Waals surface area (Å²) in [5.74, 6) is -0.0981. The van der Waals surface area contributed by atoms with Crippen molar-refractivity contribution in [3.8, 4) is 0 Å². The predicted octanol–water partition coefficient (Wildman–Crippen LogP) is 10.8. The van der Waals surface area contributed by atoms with E-state index in [0.717, 1.165) is 25.9 Å². The Hall–Kier alpha value is -0.650. The van der Waals surface area contributed by atoms with Gasteiger partial charge < -0.3 is 18.9 Å². The third kappa shape index (κ3) is 37.3. The third-order valence-electron chi connectivity index (χ3n) is 7.86. The van der Waals surface area contributed by atoms with E-state index in [1.54, 1.807) is 0 Å². The van der Waals surface area contributed by atoms with Crippen LogP contribution in [0.4, 0.5) is 0 Å². The minimum absolute atomic E-state index is 0.0981. The molecule has 0 saturated heterocycles. The lowest BCUT2D eigenvalue weighted by molar-refractivity contribution is -0.145. The van der Waals surface area contributed by atoms with Crippen LogP contribution in [0.1, 0.15) is 181 Å². The molecule has 0 aliphatic carbocycles. The van der Waals surface area contributed by atoms with Crippen molar-refractivity contribution >= 4 is 5.97 Å². The molecule has 0 rings (SSSR count). The van der Waals surface area contributed by atoms with E-state index >= 15 is 0 Å². The van der Waals surface area contributed by atoms with E-state index in [1.165, 1.54) is 141 Å². The summed E-state index contributed by atoms with van der Waals surface area (Å²) < 4.78 is 21.9. The molecule has 0 aromatic carbocycles. The number of rotatable bonds is 36. The first-order chi connectivity index (χ1) is 20.3. The summed E-state index contributed by atoms with van der Waals surface area (Å²) in [5.41, 5.74) is 0. The molecule has 0 N–H and O–H groups in total. The molecule has 0 aliphatic rings. The molecule has 0 amide bonds. The number of carbonyl (C=O) groups excluding carboxylic acids is 1. The zero-order valence-electron chi connectivity index (χ0n) is 27.9. The van der Waals surface area contributed by atoms with Crippen LogP contribution in [0.5, 0.6) is 0 Å². The molecule has 0 heterocycles. The summed E-state index contributed by atoms with van der Waals surface area (Å²) in [7, 11) is 0. The fourth-order valence-corrected chi connectivity index (χ4v) is 5.16. The van der Waals surface area contributed by atoms with E-state index < -0.39 is 0 Å². The van der Waals surface area contributed by atoms with Crippen molar-refractivity contribution in [2.45, 2.75) is 181 Å². The van der Waals surface area contributed by atoms with Crippen LogP contribution < -0.4 is 0 Å². The molecule has 246 valence electrons. The molecule has 0 atom stereocenters. The van der Waals surface area contributed by atoms with Crippen molar-refractivity contribution in [1.29, 1.82) is 0 Å². The smallest absolute Gasteiger partial charge is 0.305 e. The van der Waals surface area contributed by atoms with Gasteiger partial charge in [-0.3, -0.25) is 4.79 Å². The van der Waals surface area contributed by atoms with Crippen LogP contribution in [0, 0.1) is 0 Å². The Morgan fingerprint density at radius 3 is 1.02 bits per heavy atom. The maximum absolute atomic E-state index is 11.9. The highest BCUT2D eigenvalue weighted by Gasteiger charge is 2.03. The minimum atomic E-state index is -0.0981. The standard InChI is InChI=1S/C36H72O5/c1-3-5-7-9-11-13-15-16-17-18-19-20-22-24-26-28-36(37)41-35-34-40-33-32-39-31-30-38-29-27-25-23-21-14-12-10-8-6-4-2/h3-35H2,1-2H3. The normalized spacial score (nSPS) is 11.4. The molecule has 0 radical (unpaired) electrons. The maximum Gasteiger partial charge on any atom is 0.305 e. The molecule has 0 fully saturated rings. The average molecular weight is 585 g/mol. The Bertz CT molecular complexity index is 485. The predicted molar refractivity (Wildman–Crippen MR) is 175 cm³/mol. The van der Waals surface area contributed by atoms with Gasteiger partial charge in [-0.2, -0.15) is 0 Å².